The van der Waals surface area contributed by atoms with Crippen LogP contribution in [0.3, 0.4) is 0 Å². The zero-order valence-electron chi connectivity index (χ0n) is 14.1. The van der Waals surface area contributed by atoms with Crippen LogP contribution in [-0.4, -0.2) is 62.1 Å². The highest BCUT2D eigenvalue weighted by atomic mass is 16.5. The van der Waals surface area contributed by atoms with E-state index in [4.69, 9.17) is 4.74 Å². The van der Waals surface area contributed by atoms with Crippen LogP contribution in [0.1, 0.15) is 5.56 Å². The highest BCUT2D eigenvalue weighted by molar-refractivity contribution is 6.11. The molecule has 1 aliphatic heterocycles. The first-order valence-corrected chi connectivity index (χ1v) is 7.80. The molecule has 2 rings (SSSR count). The number of ether oxygens (including phenoxy) is 1. The van der Waals surface area contributed by atoms with Crippen molar-refractivity contribution in [3.05, 3.63) is 53.6 Å². The lowest BCUT2D eigenvalue weighted by atomic mass is 10.0. The van der Waals surface area contributed by atoms with Gasteiger partial charge in [-0.1, -0.05) is 36.9 Å². The molecule has 0 aromatic heterocycles. The van der Waals surface area contributed by atoms with Crippen LogP contribution in [-0.2, 0) is 14.3 Å². The Kier molecular flexibility index (Phi) is 6.28. The second kappa shape index (κ2) is 8.42. The smallest absolute Gasteiger partial charge is 0.338 e. The Balaban J connectivity index is 2.18. The fraction of sp³-hybridized carbons (Fsp3) is 0.333. The number of nitrogens with zero attached hydrogens (tertiary/aromatic N) is 2. The molecule has 0 atom stereocenters. The van der Waals surface area contributed by atoms with Gasteiger partial charge in [-0.2, -0.15) is 0 Å². The van der Waals surface area contributed by atoms with Crippen LogP contribution < -0.4 is 5.43 Å². The molecule has 6 nitrogen and oxygen atoms in total. The van der Waals surface area contributed by atoms with Gasteiger partial charge >= 0.3 is 5.97 Å². The van der Waals surface area contributed by atoms with Crippen molar-refractivity contribution in [2.24, 2.45) is 0 Å². The molecule has 1 saturated heterocycles. The average molecular weight is 329 g/mol. The van der Waals surface area contributed by atoms with E-state index in [2.05, 4.69) is 16.9 Å². The maximum absolute atomic E-state index is 12.7. The summed E-state index contributed by atoms with van der Waals surface area (Å²) in [6, 6.07) is 9.32. The third-order valence-corrected chi connectivity index (χ3v) is 3.88. The van der Waals surface area contributed by atoms with Gasteiger partial charge in [0.2, 0.25) is 0 Å². The van der Waals surface area contributed by atoms with E-state index in [9.17, 15) is 9.59 Å². The van der Waals surface area contributed by atoms with E-state index in [1.54, 1.807) is 6.08 Å². The van der Waals surface area contributed by atoms with Crippen molar-refractivity contribution in [3.63, 3.8) is 0 Å². The quantitative estimate of drug-likeness (QED) is 0.498. The number of carbonyl (C=O) groups is 2. The summed E-state index contributed by atoms with van der Waals surface area (Å²) in [7, 11) is 3.31. The lowest BCUT2D eigenvalue weighted by molar-refractivity contribution is -0.136. The predicted molar refractivity (Wildman–Crippen MR) is 92.8 cm³/mol. The van der Waals surface area contributed by atoms with Crippen molar-refractivity contribution in [3.8, 4) is 0 Å². The summed E-state index contributed by atoms with van der Waals surface area (Å²) in [6.07, 6.45) is 1.64. The molecule has 128 valence electrons. The van der Waals surface area contributed by atoms with Gasteiger partial charge in [0.25, 0.3) is 5.91 Å². The summed E-state index contributed by atoms with van der Waals surface area (Å²) < 4.78 is 4.71. The minimum atomic E-state index is -0.620. The molecule has 0 spiro atoms. The van der Waals surface area contributed by atoms with Crippen LogP contribution in [0.25, 0.3) is 6.08 Å². The van der Waals surface area contributed by atoms with E-state index in [1.807, 2.05) is 42.4 Å². The first-order chi connectivity index (χ1) is 11.5. The number of methoxy groups -OCH3 is 1. The van der Waals surface area contributed by atoms with E-state index < -0.39 is 5.97 Å². The molecule has 1 N–H and O–H groups in total. The lowest BCUT2D eigenvalue weighted by Crippen LogP contribution is -2.53. The number of hydrogen-bond acceptors (Lipinski definition) is 5. The van der Waals surface area contributed by atoms with Gasteiger partial charge in [0.1, 0.15) is 0 Å². The maximum atomic E-state index is 12.7. The molecule has 1 aromatic rings. The second-order valence-electron chi connectivity index (χ2n) is 5.67. The van der Waals surface area contributed by atoms with E-state index in [0.717, 1.165) is 31.7 Å². The van der Waals surface area contributed by atoms with E-state index in [-0.39, 0.29) is 17.1 Å². The Morgan fingerprint density at radius 1 is 1.17 bits per heavy atom. The van der Waals surface area contributed by atoms with Crippen LogP contribution in [0.4, 0.5) is 0 Å². The van der Waals surface area contributed by atoms with Gasteiger partial charge in [-0.3, -0.25) is 10.2 Å². The normalized spacial score (nSPS) is 16.5. The number of likely N-dealkylation sites (N-methyl/N-ethyl adjacent to an activating group) is 1. The Morgan fingerprint density at radius 3 is 2.38 bits per heavy atom. The summed E-state index contributed by atoms with van der Waals surface area (Å²) in [5.41, 5.74) is 3.90. The van der Waals surface area contributed by atoms with Crippen molar-refractivity contribution < 1.29 is 14.3 Å². The Labute approximate surface area is 142 Å². The topological polar surface area (TPSA) is 61.9 Å². The van der Waals surface area contributed by atoms with E-state index in [1.165, 1.54) is 7.11 Å². The molecule has 24 heavy (non-hydrogen) atoms. The third-order valence-electron chi connectivity index (χ3n) is 3.88. The molecule has 0 bridgehead atoms. The summed E-state index contributed by atoms with van der Waals surface area (Å²) >= 11 is 0. The number of amides is 1. The van der Waals surface area contributed by atoms with Gasteiger partial charge in [-0.25, -0.2) is 9.80 Å². The summed E-state index contributed by atoms with van der Waals surface area (Å²) in [6.45, 7) is 6.92. The summed E-state index contributed by atoms with van der Waals surface area (Å²) in [4.78, 5) is 26.7. The highest BCUT2D eigenvalue weighted by Gasteiger charge is 2.23. The number of carbonyl (C=O) groups excluding carboxylic acids is 2. The van der Waals surface area contributed by atoms with Gasteiger partial charge in [-0.05, 0) is 18.7 Å². The molecular weight excluding hydrogens is 306 g/mol. The van der Waals surface area contributed by atoms with Gasteiger partial charge in [0, 0.05) is 26.2 Å². The van der Waals surface area contributed by atoms with Crippen LogP contribution >= 0.6 is 0 Å². The molecular formula is C18H23N3O3. The number of nitrogens with one attached hydrogen (secondary N) is 1. The highest BCUT2D eigenvalue weighted by Crippen LogP contribution is 2.15. The third kappa shape index (κ3) is 4.78. The largest absolute Gasteiger partial charge is 0.465 e. The first-order valence-electron chi connectivity index (χ1n) is 7.80. The van der Waals surface area contributed by atoms with Crippen molar-refractivity contribution in [1.82, 2.24) is 15.3 Å². The monoisotopic (exact) mass is 329 g/mol. The van der Waals surface area contributed by atoms with Crippen LogP contribution in [0.15, 0.2) is 48.1 Å². The van der Waals surface area contributed by atoms with Crippen molar-refractivity contribution >= 4 is 18.0 Å². The zero-order valence-corrected chi connectivity index (χ0v) is 14.1. The summed E-state index contributed by atoms with van der Waals surface area (Å²) in [5.74, 6) is -0.982. The van der Waals surface area contributed by atoms with E-state index in [0.29, 0.717) is 0 Å². The van der Waals surface area contributed by atoms with Gasteiger partial charge in [-0.15, -0.1) is 0 Å². The molecule has 0 aliphatic carbocycles. The Hall–Kier alpha value is -2.44. The number of hydrogen-bond donors (Lipinski definition) is 1. The Bertz CT molecular complexity index is 632. The number of piperazine rings is 1. The fourth-order valence-corrected chi connectivity index (χ4v) is 2.36. The fourth-order valence-electron chi connectivity index (χ4n) is 2.36. The first kappa shape index (κ1) is 17.9. The SMILES string of the molecule is C=C(C(=O)OC)C(=Cc1ccccc1)C(=O)NN1CCN(C)CC1. The standard InChI is InChI=1S/C18H23N3O3/c1-14(18(23)24-3)16(13-15-7-5-4-6-8-15)17(22)19-21-11-9-20(2)10-12-21/h4-8,13H,1,9-12H2,2-3H3,(H,19,22). The van der Waals surface area contributed by atoms with Gasteiger partial charge in [0.05, 0.1) is 18.3 Å². The molecule has 1 fully saturated rings. The Morgan fingerprint density at radius 2 is 1.79 bits per heavy atom. The molecule has 1 amide bonds. The van der Waals surface area contributed by atoms with Gasteiger partial charge < -0.3 is 9.64 Å². The molecule has 0 radical (unpaired) electrons. The molecule has 0 saturated carbocycles. The number of esters is 1. The van der Waals surface area contributed by atoms with Crippen LogP contribution in [0, 0.1) is 0 Å². The minimum absolute atomic E-state index is 0.0352. The van der Waals surface area contributed by atoms with Crippen molar-refractivity contribution in [2.45, 2.75) is 0 Å². The zero-order chi connectivity index (χ0) is 17.5. The average Bonchev–Trinajstić information content (AvgIpc) is 2.61. The molecule has 1 aromatic carbocycles. The predicted octanol–water partition coefficient (Wildman–Crippen LogP) is 1.08. The summed E-state index contributed by atoms with van der Waals surface area (Å²) in [5, 5.41) is 1.85. The number of rotatable bonds is 5. The molecule has 6 heteroatoms. The number of benzene rings is 1. The maximum Gasteiger partial charge on any atom is 0.338 e. The number of hydrazine groups is 1. The second-order valence-corrected chi connectivity index (χ2v) is 5.67. The van der Waals surface area contributed by atoms with Crippen molar-refractivity contribution in [2.75, 3.05) is 40.3 Å². The molecule has 1 heterocycles. The van der Waals surface area contributed by atoms with Gasteiger partial charge in [0.15, 0.2) is 0 Å². The van der Waals surface area contributed by atoms with Crippen LogP contribution in [0.5, 0.6) is 0 Å². The van der Waals surface area contributed by atoms with E-state index >= 15 is 0 Å². The molecule has 0 unspecified atom stereocenters. The van der Waals surface area contributed by atoms with Crippen molar-refractivity contribution in [1.29, 1.82) is 0 Å². The minimum Gasteiger partial charge on any atom is -0.465 e. The molecule has 1 aliphatic rings. The van der Waals surface area contributed by atoms with Crippen LogP contribution in [0.2, 0.25) is 0 Å². The lowest BCUT2D eigenvalue weighted by Gasteiger charge is -2.32.